The second kappa shape index (κ2) is 5.29. The fraction of sp³-hybridized carbons (Fsp3) is 0.500. The molecule has 1 aliphatic rings. The van der Waals surface area contributed by atoms with E-state index in [2.05, 4.69) is 17.1 Å². The highest BCUT2D eigenvalue weighted by molar-refractivity contribution is 5.96. The number of benzene rings is 1. The molecule has 1 saturated carbocycles. The predicted molar refractivity (Wildman–Crippen MR) is 74.9 cm³/mol. The number of anilines is 2. The monoisotopic (exact) mass is 247 g/mol. The topological polar surface area (TPSA) is 58.4 Å². The van der Waals surface area contributed by atoms with Crippen molar-refractivity contribution in [2.45, 2.75) is 32.2 Å². The van der Waals surface area contributed by atoms with Crippen molar-refractivity contribution < 1.29 is 4.79 Å². The molecular weight excluding hydrogens is 226 g/mol. The normalized spacial score (nSPS) is 14.3. The summed E-state index contributed by atoms with van der Waals surface area (Å²) in [5.74, 6) is -0.0956. The van der Waals surface area contributed by atoms with Gasteiger partial charge in [0.15, 0.2) is 0 Å². The van der Waals surface area contributed by atoms with Gasteiger partial charge in [0.2, 0.25) is 0 Å². The molecule has 0 aliphatic heterocycles. The van der Waals surface area contributed by atoms with Crippen LogP contribution in [0.25, 0.3) is 0 Å². The van der Waals surface area contributed by atoms with Crippen LogP contribution in [0.2, 0.25) is 0 Å². The van der Waals surface area contributed by atoms with Crippen LogP contribution in [0.4, 0.5) is 11.4 Å². The Morgan fingerprint density at radius 2 is 2.22 bits per heavy atom. The summed E-state index contributed by atoms with van der Waals surface area (Å²) in [6.07, 6.45) is 3.60. The number of nitrogens with one attached hydrogen (secondary N) is 1. The molecule has 2 rings (SSSR count). The Morgan fingerprint density at radius 3 is 2.72 bits per heavy atom. The first kappa shape index (κ1) is 12.7. The Balaban J connectivity index is 2.24. The third-order valence-corrected chi connectivity index (χ3v) is 3.28. The van der Waals surface area contributed by atoms with Gasteiger partial charge >= 0.3 is 0 Å². The summed E-state index contributed by atoms with van der Waals surface area (Å²) in [7, 11) is 1.63. The largest absolute Gasteiger partial charge is 0.397 e. The van der Waals surface area contributed by atoms with Crippen molar-refractivity contribution in [1.29, 1.82) is 0 Å². The standard InChI is InChI=1S/C14H21N3O/c1-3-8-17(11-5-6-11)13-7-4-10(9-12(13)15)14(18)16-2/h4,7,9,11H,3,5-6,8,15H2,1-2H3,(H,16,18). The molecule has 4 nitrogen and oxygen atoms in total. The van der Waals surface area contributed by atoms with Gasteiger partial charge in [-0.2, -0.15) is 0 Å². The summed E-state index contributed by atoms with van der Waals surface area (Å²) in [6, 6.07) is 6.21. The first-order valence-corrected chi connectivity index (χ1v) is 6.55. The van der Waals surface area contributed by atoms with Crippen LogP contribution in [0.5, 0.6) is 0 Å². The Labute approximate surface area is 108 Å². The van der Waals surface area contributed by atoms with Gasteiger partial charge in [-0.1, -0.05) is 6.92 Å². The average Bonchev–Trinajstić information content (AvgIpc) is 3.19. The Bertz CT molecular complexity index is 441. The quantitative estimate of drug-likeness (QED) is 0.782. The van der Waals surface area contributed by atoms with E-state index in [0.717, 1.165) is 18.7 Å². The second-order valence-electron chi connectivity index (χ2n) is 4.78. The van der Waals surface area contributed by atoms with Gasteiger partial charge in [-0.25, -0.2) is 0 Å². The molecule has 4 heteroatoms. The number of carbonyl (C=O) groups is 1. The van der Waals surface area contributed by atoms with E-state index in [4.69, 9.17) is 5.73 Å². The van der Waals surface area contributed by atoms with Gasteiger partial charge in [-0.05, 0) is 37.5 Å². The summed E-state index contributed by atoms with van der Waals surface area (Å²) in [5, 5.41) is 2.61. The highest BCUT2D eigenvalue weighted by atomic mass is 16.1. The number of nitrogens with two attached hydrogens (primary N) is 1. The van der Waals surface area contributed by atoms with Crippen molar-refractivity contribution in [1.82, 2.24) is 5.32 Å². The Hall–Kier alpha value is -1.71. The molecule has 18 heavy (non-hydrogen) atoms. The zero-order valence-corrected chi connectivity index (χ0v) is 11.1. The van der Waals surface area contributed by atoms with Gasteiger partial charge < -0.3 is 16.0 Å². The van der Waals surface area contributed by atoms with E-state index in [9.17, 15) is 4.79 Å². The zero-order chi connectivity index (χ0) is 13.1. The number of rotatable bonds is 5. The van der Waals surface area contributed by atoms with Crippen LogP contribution in [0.1, 0.15) is 36.5 Å². The number of carbonyl (C=O) groups excluding carboxylic acids is 1. The van der Waals surface area contributed by atoms with Crippen molar-refractivity contribution in [2.24, 2.45) is 0 Å². The summed E-state index contributed by atoms with van der Waals surface area (Å²) >= 11 is 0. The summed E-state index contributed by atoms with van der Waals surface area (Å²) in [6.45, 7) is 3.19. The molecule has 0 radical (unpaired) electrons. The third-order valence-electron chi connectivity index (χ3n) is 3.28. The molecule has 1 aliphatic carbocycles. The first-order chi connectivity index (χ1) is 8.67. The van der Waals surface area contributed by atoms with Crippen LogP contribution in [0.3, 0.4) is 0 Å². The third kappa shape index (κ3) is 2.58. The molecule has 0 saturated heterocycles. The summed E-state index contributed by atoms with van der Waals surface area (Å²) in [4.78, 5) is 13.9. The molecule has 1 aromatic carbocycles. The molecule has 0 bridgehead atoms. The van der Waals surface area contributed by atoms with Gasteiger partial charge in [-0.3, -0.25) is 4.79 Å². The van der Waals surface area contributed by atoms with E-state index in [1.54, 1.807) is 13.1 Å². The van der Waals surface area contributed by atoms with Crippen molar-refractivity contribution in [2.75, 3.05) is 24.2 Å². The highest BCUT2D eigenvalue weighted by Gasteiger charge is 2.29. The predicted octanol–water partition coefficient (Wildman–Crippen LogP) is 2.01. The van der Waals surface area contributed by atoms with Gasteiger partial charge in [0.25, 0.3) is 5.91 Å². The number of nitrogen functional groups attached to an aromatic ring is 1. The van der Waals surface area contributed by atoms with E-state index in [1.165, 1.54) is 12.8 Å². The fourth-order valence-corrected chi connectivity index (χ4v) is 2.23. The molecule has 1 amide bonds. The lowest BCUT2D eigenvalue weighted by molar-refractivity contribution is 0.0963. The van der Waals surface area contributed by atoms with Crippen LogP contribution in [0, 0.1) is 0 Å². The minimum atomic E-state index is -0.0956. The average molecular weight is 247 g/mol. The van der Waals surface area contributed by atoms with E-state index in [1.807, 2.05) is 12.1 Å². The summed E-state index contributed by atoms with van der Waals surface area (Å²) < 4.78 is 0. The lowest BCUT2D eigenvalue weighted by Crippen LogP contribution is -2.27. The van der Waals surface area contributed by atoms with Crippen molar-refractivity contribution in [3.63, 3.8) is 0 Å². The van der Waals surface area contributed by atoms with Crippen molar-refractivity contribution >= 4 is 17.3 Å². The first-order valence-electron chi connectivity index (χ1n) is 6.55. The van der Waals surface area contributed by atoms with Crippen molar-refractivity contribution in [3.8, 4) is 0 Å². The van der Waals surface area contributed by atoms with Crippen LogP contribution < -0.4 is 16.0 Å². The lowest BCUT2D eigenvalue weighted by Gasteiger charge is -2.25. The molecule has 3 N–H and O–H groups in total. The molecule has 0 unspecified atom stereocenters. The highest BCUT2D eigenvalue weighted by Crippen LogP contribution is 2.35. The summed E-state index contributed by atoms with van der Waals surface area (Å²) in [5.41, 5.74) is 8.46. The fourth-order valence-electron chi connectivity index (χ4n) is 2.23. The number of hydrogen-bond acceptors (Lipinski definition) is 3. The Kier molecular flexibility index (Phi) is 3.75. The van der Waals surface area contributed by atoms with E-state index < -0.39 is 0 Å². The Morgan fingerprint density at radius 1 is 1.50 bits per heavy atom. The minimum absolute atomic E-state index is 0.0956. The maximum absolute atomic E-state index is 11.5. The van der Waals surface area contributed by atoms with Gasteiger partial charge in [0.05, 0.1) is 11.4 Å². The molecule has 0 spiro atoms. The van der Waals surface area contributed by atoms with E-state index in [0.29, 0.717) is 17.3 Å². The van der Waals surface area contributed by atoms with Crippen LogP contribution in [-0.2, 0) is 0 Å². The van der Waals surface area contributed by atoms with Crippen LogP contribution in [0.15, 0.2) is 18.2 Å². The number of amides is 1. The molecule has 1 aromatic rings. The molecule has 0 heterocycles. The van der Waals surface area contributed by atoms with Gasteiger partial charge in [-0.15, -0.1) is 0 Å². The van der Waals surface area contributed by atoms with Crippen molar-refractivity contribution in [3.05, 3.63) is 23.8 Å². The zero-order valence-electron chi connectivity index (χ0n) is 11.1. The second-order valence-corrected chi connectivity index (χ2v) is 4.78. The number of hydrogen-bond donors (Lipinski definition) is 2. The van der Waals surface area contributed by atoms with E-state index in [-0.39, 0.29) is 5.91 Å². The van der Waals surface area contributed by atoms with E-state index >= 15 is 0 Å². The van der Waals surface area contributed by atoms with Gasteiger partial charge in [0, 0.05) is 25.2 Å². The maximum atomic E-state index is 11.5. The minimum Gasteiger partial charge on any atom is -0.397 e. The molecule has 0 aromatic heterocycles. The van der Waals surface area contributed by atoms with Gasteiger partial charge in [0.1, 0.15) is 0 Å². The molecular formula is C14H21N3O. The smallest absolute Gasteiger partial charge is 0.251 e. The lowest BCUT2D eigenvalue weighted by atomic mass is 10.1. The maximum Gasteiger partial charge on any atom is 0.251 e. The van der Waals surface area contributed by atoms with Crippen LogP contribution >= 0.6 is 0 Å². The molecule has 0 atom stereocenters. The number of nitrogens with zero attached hydrogens (tertiary/aromatic N) is 1. The SMILES string of the molecule is CCCN(c1ccc(C(=O)NC)cc1N)C1CC1. The molecule has 1 fully saturated rings. The van der Waals surface area contributed by atoms with Crippen LogP contribution in [-0.4, -0.2) is 25.5 Å². The molecule has 98 valence electrons.